The standard InChI is InChI=1S/C19H15ClN2O4/c1-24-19(23)18(22-25-2)15-6-4-3-5-14(15)16-11-17(26-21-16)12-7-9-13(20)10-8-12/h3-11H,1-2H3/b22-18-. The van der Waals surface area contributed by atoms with Gasteiger partial charge in [0, 0.05) is 27.8 Å². The Morgan fingerprint density at radius 3 is 2.54 bits per heavy atom. The summed E-state index contributed by atoms with van der Waals surface area (Å²) in [4.78, 5) is 16.8. The molecule has 0 aliphatic rings. The zero-order valence-corrected chi connectivity index (χ0v) is 14.9. The fourth-order valence-electron chi connectivity index (χ4n) is 2.45. The average molecular weight is 371 g/mol. The summed E-state index contributed by atoms with van der Waals surface area (Å²) in [6, 6.07) is 16.2. The number of esters is 1. The third-order valence-electron chi connectivity index (χ3n) is 3.66. The number of methoxy groups -OCH3 is 1. The van der Waals surface area contributed by atoms with Crippen molar-refractivity contribution in [2.24, 2.45) is 5.16 Å². The SMILES string of the molecule is CO/N=C(\C(=O)OC)c1ccccc1-c1cc(-c2ccc(Cl)cc2)on1. The van der Waals surface area contributed by atoms with Crippen LogP contribution >= 0.6 is 11.6 Å². The molecule has 3 rings (SSSR count). The topological polar surface area (TPSA) is 73.9 Å². The first-order chi connectivity index (χ1) is 12.6. The molecule has 0 N–H and O–H groups in total. The first-order valence-corrected chi connectivity index (χ1v) is 8.03. The molecule has 0 fully saturated rings. The molecule has 6 nitrogen and oxygen atoms in total. The Labute approximate surface area is 155 Å². The van der Waals surface area contributed by atoms with Crippen LogP contribution in [0.4, 0.5) is 0 Å². The van der Waals surface area contributed by atoms with Gasteiger partial charge >= 0.3 is 5.97 Å². The molecule has 3 aromatic rings. The van der Waals surface area contributed by atoms with Gasteiger partial charge in [-0.2, -0.15) is 0 Å². The summed E-state index contributed by atoms with van der Waals surface area (Å²) in [6.45, 7) is 0. The predicted molar refractivity (Wildman–Crippen MR) is 97.9 cm³/mol. The minimum absolute atomic E-state index is 0.0432. The Balaban J connectivity index is 2.05. The fourth-order valence-corrected chi connectivity index (χ4v) is 2.58. The van der Waals surface area contributed by atoms with Crippen LogP contribution in [0.25, 0.3) is 22.6 Å². The van der Waals surface area contributed by atoms with Crippen LogP contribution in [0.1, 0.15) is 5.56 Å². The molecular weight excluding hydrogens is 356 g/mol. The number of ether oxygens (including phenoxy) is 1. The number of benzene rings is 2. The normalized spacial score (nSPS) is 11.3. The van der Waals surface area contributed by atoms with Crippen LogP contribution in [-0.4, -0.2) is 31.1 Å². The number of carbonyl (C=O) groups excluding carboxylic acids is 1. The highest BCUT2D eigenvalue weighted by Gasteiger charge is 2.21. The molecule has 0 radical (unpaired) electrons. The summed E-state index contributed by atoms with van der Waals surface area (Å²) in [7, 11) is 2.64. The van der Waals surface area contributed by atoms with Gasteiger partial charge in [-0.1, -0.05) is 46.2 Å². The number of halogens is 1. The number of aromatic nitrogens is 1. The molecule has 0 spiro atoms. The van der Waals surface area contributed by atoms with E-state index in [1.807, 2.05) is 24.3 Å². The number of rotatable bonds is 5. The molecule has 0 saturated carbocycles. The van der Waals surface area contributed by atoms with Gasteiger partial charge in [0.25, 0.3) is 0 Å². The van der Waals surface area contributed by atoms with Gasteiger partial charge in [0.1, 0.15) is 12.8 Å². The second-order valence-corrected chi connectivity index (χ2v) is 5.68. The van der Waals surface area contributed by atoms with Crippen molar-refractivity contribution >= 4 is 23.3 Å². The molecule has 7 heteroatoms. The fraction of sp³-hybridized carbons (Fsp3) is 0.105. The summed E-state index contributed by atoms with van der Waals surface area (Å²) in [5.74, 6) is -0.0320. The van der Waals surface area contributed by atoms with E-state index in [2.05, 4.69) is 10.3 Å². The molecule has 26 heavy (non-hydrogen) atoms. The number of carbonyl (C=O) groups is 1. The zero-order chi connectivity index (χ0) is 18.5. The zero-order valence-electron chi connectivity index (χ0n) is 14.1. The van der Waals surface area contributed by atoms with E-state index in [1.165, 1.54) is 14.2 Å². The van der Waals surface area contributed by atoms with Crippen molar-refractivity contribution in [1.29, 1.82) is 0 Å². The van der Waals surface area contributed by atoms with Crippen molar-refractivity contribution < 1.29 is 18.9 Å². The Hall–Kier alpha value is -3.12. The van der Waals surface area contributed by atoms with Gasteiger partial charge in [-0.3, -0.25) is 0 Å². The van der Waals surface area contributed by atoms with Gasteiger partial charge in [0.2, 0.25) is 0 Å². The van der Waals surface area contributed by atoms with Gasteiger partial charge in [-0.05, 0) is 24.3 Å². The Kier molecular flexibility index (Phi) is 5.34. The smallest absolute Gasteiger partial charge is 0.360 e. The van der Waals surface area contributed by atoms with Crippen LogP contribution in [-0.2, 0) is 14.4 Å². The maximum absolute atomic E-state index is 12.1. The van der Waals surface area contributed by atoms with E-state index >= 15 is 0 Å². The lowest BCUT2D eigenvalue weighted by atomic mass is 10.00. The summed E-state index contributed by atoms with van der Waals surface area (Å²) in [5, 5.41) is 8.55. The van der Waals surface area contributed by atoms with Gasteiger partial charge in [-0.25, -0.2) is 4.79 Å². The molecule has 0 saturated heterocycles. The van der Waals surface area contributed by atoms with Crippen molar-refractivity contribution in [3.8, 4) is 22.6 Å². The van der Waals surface area contributed by atoms with Crippen molar-refractivity contribution in [2.45, 2.75) is 0 Å². The molecule has 0 unspecified atom stereocenters. The van der Waals surface area contributed by atoms with E-state index in [1.54, 1.807) is 30.3 Å². The Morgan fingerprint density at radius 2 is 1.85 bits per heavy atom. The highest BCUT2D eigenvalue weighted by atomic mass is 35.5. The molecule has 0 aliphatic heterocycles. The number of hydrogen-bond donors (Lipinski definition) is 0. The quantitative estimate of drug-likeness (QED) is 0.382. The van der Waals surface area contributed by atoms with Gasteiger partial charge in [-0.15, -0.1) is 0 Å². The summed E-state index contributed by atoms with van der Waals surface area (Å²) >= 11 is 5.91. The minimum Gasteiger partial charge on any atom is -0.464 e. The number of nitrogens with zero attached hydrogens (tertiary/aromatic N) is 2. The van der Waals surface area contributed by atoms with Gasteiger partial charge < -0.3 is 14.1 Å². The van der Waals surface area contributed by atoms with Crippen LogP contribution < -0.4 is 0 Å². The largest absolute Gasteiger partial charge is 0.464 e. The maximum atomic E-state index is 12.1. The Morgan fingerprint density at radius 1 is 1.12 bits per heavy atom. The predicted octanol–water partition coefficient (Wildman–Crippen LogP) is 4.19. The number of oxime groups is 1. The van der Waals surface area contributed by atoms with Gasteiger partial charge in [0.15, 0.2) is 11.5 Å². The molecule has 0 bridgehead atoms. The van der Waals surface area contributed by atoms with Crippen LogP contribution in [0.2, 0.25) is 5.02 Å². The number of hydrogen-bond acceptors (Lipinski definition) is 6. The minimum atomic E-state index is -0.610. The molecular formula is C19H15ClN2O4. The van der Waals surface area contributed by atoms with E-state index in [-0.39, 0.29) is 5.71 Å². The summed E-state index contributed by atoms with van der Waals surface area (Å²) < 4.78 is 10.2. The van der Waals surface area contributed by atoms with Crippen LogP contribution in [0.5, 0.6) is 0 Å². The van der Waals surface area contributed by atoms with Crippen molar-refractivity contribution in [3.05, 3.63) is 65.2 Å². The lowest BCUT2D eigenvalue weighted by Crippen LogP contribution is -2.18. The lowest BCUT2D eigenvalue weighted by molar-refractivity contribution is -0.132. The van der Waals surface area contributed by atoms with E-state index in [0.717, 1.165) is 5.56 Å². The van der Waals surface area contributed by atoms with Crippen LogP contribution in [0.15, 0.2) is 64.3 Å². The molecule has 0 aliphatic carbocycles. The highest BCUT2D eigenvalue weighted by molar-refractivity contribution is 6.44. The first kappa shape index (κ1) is 17.7. The van der Waals surface area contributed by atoms with Gasteiger partial charge in [0.05, 0.1) is 7.11 Å². The van der Waals surface area contributed by atoms with Crippen molar-refractivity contribution in [3.63, 3.8) is 0 Å². The lowest BCUT2D eigenvalue weighted by Gasteiger charge is -2.07. The highest BCUT2D eigenvalue weighted by Crippen LogP contribution is 2.29. The average Bonchev–Trinajstić information content (AvgIpc) is 3.16. The van der Waals surface area contributed by atoms with E-state index in [9.17, 15) is 4.79 Å². The third kappa shape index (κ3) is 3.60. The molecule has 132 valence electrons. The van der Waals surface area contributed by atoms with Crippen molar-refractivity contribution in [2.75, 3.05) is 14.2 Å². The van der Waals surface area contributed by atoms with Crippen molar-refractivity contribution in [1.82, 2.24) is 5.16 Å². The summed E-state index contributed by atoms with van der Waals surface area (Å²) in [6.07, 6.45) is 0. The third-order valence-corrected chi connectivity index (χ3v) is 3.91. The van der Waals surface area contributed by atoms with Crippen LogP contribution in [0, 0.1) is 0 Å². The summed E-state index contributed by atoms with van der Waals surface area (Å²) in [5.41, 5.74) is 2.62. The monoisotopic (exact) mass is 370 g/mol. The maximum Gasteiger partial charge on any atom is 0.360 e. The molecule has 0 amide bonds. The molecule has 1 aromatic heterocycles. The molecule has 1 heterocycles. The van der Waals surface area contributed by atoms with E-state index < -0.39 is 5.97 Å². The van der Waals surface area contributed by atoms with Crippen LogP contribution in [0.3, 0.4) is 0 Å². The molecule has 2 aromatic carbocycles. The second-order valence-electron chi connectivity index (χ2n) is 5.24. The Bertz CT molecular complexity index is 948. The van der Waals surface area contributed by atoms with E-state index in [4.69, 9.17) is 25.7 Å². The second kappa shape index (κ2) is 7.84. The first-order valence-electron chi connectivity index (χ1n) is 7.66. The molecule has 0 atom stereocenters. The van der Waals surface area contributed by atoms with E-state index in [0.29, 0.717) is 27.6 Å².